The molecule has 0 aliphatic heterocycles. The first-order chi connectivity index (χ1) is 12.5. The largest absolute Gasteiger partial charge is 0.288 e. The maximum atomic E-state index is 13.0. The van der Waals surface area contributed by atoms with Crippen molar-refractivity contribution in [1.29, 1.82) is 0 Å². The Morgan fingerprint density at radius 1 is 0.808 bits per heavy atom. The van der Waals surface area contributed by atoms with Gasteiger partial charge in [0.1, 0.15) is 0 Å². The van der Waals surface area contributed by atoms with E-state index < -0.39 is 0 Å². The Morgan fingerprint density at radius 2 is 1.35 bits per heavy atom. The van der Waals surface area contributed by atoms with Crippen LogP contribution in [0.25, 0.3) is 6.08 Å². The third kappa shape index (κ3) is 5.01. The fourth-order valence-electron chi connectivity index (χ4n) is 2.33. The molecule has 0 saturated heterocycles. The van der Waals surface area contributed by atoms with Gasteiger partial charge in [-0.15, -0.1) is 0 Å². The summed E-state index contributed by atoms with van der Waals surface area (Å²) in [5.41, 5.74) is 2.71. The predicted molar refractivity (Wildman–Crippen MR) is 112 cm³/mol. The summed E-state index contributed by atoms with van der Waals surface area (Å²) >= 11 is 13.4. The number of aryl methyl sites for hydroxylation is 1. The van der Waals surface area contributed by atoms with Crippen molar-refractivity contribution in [1.82, 2.24) is 0 Å². The molecule has 0 spiro atoms. The number of hydrogen-bond donors (Lipinski definition) is 0. The lowest BCUT2D eigenvalue weighted by Gasteiger charge is -2.08. The molecular formula is C22H16Cl2OS. The molecule has 3 aromatic rings. The van der Waals surface area contributed by atoms with Crippen LogP contribution in [0.4, 0.5) is 0 Å². The van der Waals surface area contributed by atoms with Crippen molar-refractivity contribution in [2.24, 2.45) is 0 Å². The van der Waals surface area contributed by atoms with E-state index in [0.717, 1.165) is 10.5 Å². The molecule has 0 saturated carbocycles. The quantitative estimate of drug-likeness (QED) is 0.254. The zero-order valence-corrected chi connectivity index (χ0v) is 16.4. The lowest BCUT2D eigenvalue weighted by molar-refractivity contribution is 0.104. The van der Waals surface area contributed by atoms with E-state index in [1.807, 2.05) is 61.5 Å². The van der Waals surface area contributed by atoms with Crippen LogP contribution in [0, 0.1) is 6.92 Å². The number of halogens is 2. The monoisotopic (exact) mass is 398 g/mol. The summed E-state index contributed by atoms with van der Waals surface area (Å²) in [4.78, 5) is 14.7. The Labute approximate surface area is 167 Å². The Morgan fingerprint density at radius 3 is 1.92 bits per heavy atom. The van der Waals surface area contributed by atoms with Gasteiger partial charge in [-0.3, -0.25) is 4.79 Å². The lowest BCUT2D eigenvalue weighted by Crippen LogP contribution is -2.01. The molecule has 0 radical (unpaired) electrons. The minimum Gasteiger partial charge on any atom is -0.288 e. The van der Waals surface area contributed by atoms with E-state index in [9.17, 15) is 4.79 Å². The van der Waals surface area contributed by atoms with Gasteiger partial charge < -0.3 is 0 Å². The highest BCUT2D eigenvalue weighted by Crippen LogP contribution is 2.31. The summed E-state index contributed by atoms with van der Waals surface area (Å²) in [5.74, 6) is -0.0396. The van der Waals surface area contributed by atoms with E-state index in [1.54, 1.807) is 24.3 Å². The number of allylic oxidation sites excluding steroid dienone is 1. The van der Waals surface area contributed by atoms with E-state index in [1.165, 1.54) is 17.3 Å². The molecule has 4 heteroatoms. The number of Topliss-reactive ketones (excluding diaryl/α,β-unsaturated/α-hetero) is 1. The molecule has 0 bridgehead atoms. The average Bonchev–Trinajstić information content (AvgIpc) is 2.65. The average molecular weight is 399 g/mol. The van der Waals surface area contributed by atoms with Gasteiger partial charge in [0.15, 0.2) is 5.78 Å². The van der Waals surface area contributed by atoms with Crippen molar-refractivity contribution in [3.63, 3.8) is 0 Å². The zero-order chi connectivity index (χ0) is 18.5. The first-order valence-corrected chi connectivity index (χ1v) is 9.60. The van der Waals surface area contributed by atoms with Gasteiger partial charge in [-0.25, -0.2) is 0 Å². The van der Waals surface area contributed by atoms with Gasteiger partial charge in [0.2, 0.25) is 0 Å². The second kappa shape index (κ2) is 8.59. The van der Waals surface area contributed by atoms with Crippen molar-refractivity contribution < 1.29 is 4.79 Å². The number of rotatable bonds is 5. The molecule has 0 aromatic heterocycles. The Bertz CT molecular complexity index is 927. The topological polar surface area (TPSA) is 17.1 Å². The summed E-state index contributed by atoms with van der Waals surface area (Å²) in [6.45, 7) is 2.04. The molecule has 0 unspecified atom stereocenters. The summed E-state index contributed by atoms with van der Waals surface area (Å²) in [5, 5.41) is 1.27. The highest BCUT2D eigenvalue weighted by atomic mass is 35.5. The third-order valence-electron chi connectivity index (χ3n) is 3.75. The van der Waals surface area contributed by atoms with E-state index in [2.05, 4.69) is 0 Å². The number of thioether (sulfide) groups is 1. The van der Waals surface area contributed by atoms with Crippen LogP contribution in [-0.2, 0) is 0 Å². The molecule has 0 aliphatic rings. The van der Waals surface area contributed by atoms with E-state index in [4.69, 9.17) is 23.2 Å². The van der Waals surface area contributed by atoms with Crippen LogP contribution in [0.1, 0.15) is 21.5 Å². The van der Waals surface area contributed by atoms with Crippen molar-refractivity contribution in [3.8, 4) is 0 Å². The number of carbonyl (C=O) groups is 1. The van der Waals surface area contributed by atoms with Gasteiger partial charge in [0.05, 0.1) is 4.91 Å². The van der Waals surface area contributed by atoms with Crippen molar-refractivity contribution >= 4 is 46.8 Å². The van der Waals surface area contributed by atoms with Crippen LogP contribution in [0.15, 0.2) is 82.6 Å². The van der Waals surface area contributed by atoms with Gasteiger partial charge in [0.25, 0.3) is 0 Å². The Balaban J connectivity index is 1.97. The summed E-state index contributed by atoms with van der Waals surface area (Å²) < 4.78 is 0. The van der Waals surface area contributed by atoms with Crippen LogP contribution in [-0.4, -0.2) is 5.78 Å². The first kappa shape index (κ1) is 18.8. The molecule has 130 valence electrons. The standard InChI is InChI=1S/C22H16Cl2OS/c1-15-2-12-20(13-3-15)26-21(14-16-4-8-18(23)9-5-16)22(25)17-6-10-19(24)11-7-17/h2-14H,1H3/b21-14+. The highest BCUT2D eigenvalue weighted by molar-refractivity contribution is 8.04. The van der Waals surface area contributed by atoms with Gasteiger partial charge in [0, 0.05) is 20.5 Å². The van der Waals surface area contributed by atoms with E-state index in [0.29, 0.717) is 20.5 Å². The molecule has 1 nitrogen and oxygen atoms in total. The van der Waals surface area contributed by atoms with Gasteiger partial charge in [-0.1, -0.05) is 64.8 Å². The SMILES string of the molecule is Cc1ccc(S/C(=C/c2ccc(Cl)cc2)C(=O)c2ccc(Cl)cc2)cc1. The van der Waals surface area contributed by atoms with Crippen molar-refractivity contribution in [2.75, 3.05) is 0 Å². The third-order valence-corrected chi connectivity index (χ3v) is 5.28. The van der Waals surface area contributed by atoms with Crippen LogP contribution < -0.4 is 0 Å². The minimum atomic E-state index is -0.0396. The second-order valence-corrected chi connectivity index (χ2v) is 7.80. The smallest absolute Gasteiger partial charge is 0.199 e. The molecule has 0 atom stereocenters. The molecule has 0 aliphatic carbocycles. The van der Waals surface area contributed by atoms with Crippen molar-refractivity contribution in [3.05, 3.63) is 104 Å². The number of carbonyl (C=O) groups excluding carboxylic acids is 1. The first-order valence-electron chi connectivity index (χ1n) is 8.03. The molecule has 0 amide bonds. The van der Waals surface area contributed by atoms with Crippen LogP contribution in [0.3, 0.4) is 0 Å². The van der Waals surface area contributed by atoms with E-state index in [-0.39, 0.29) is 5.78 Å². The fourth-order valence-corrected chi connectivity index (χ4v) is 3.51. The maximum Gasteiger partial charge on any atom is 0.199 e. The number of ketones is 1. The van der Waals surface area contributed by atoms with Crippen LogP contribution in [0.5, 0.6) is 0 Å². The van der Waals surface area contributed by atoms with Crippen LogP contribution in [0.2, 0.25) is 10.0 Å². The van der Waals surface area contributed by atoms with E-state index >= 15 is 0 Å². The van der Waals surface area contributed by atoms with Crippen LogP contribution >= 0.6 is 35.0 Å². The Kier molecular flexibility index (Phi) is 6.20. The number of benzene rings is 3. The predicted octanol–water partition coefficient (Wildman–Crippen LogP) is 7.32. The van der Waals surface area contributed by atoms with Gasteiger partial charge >= 0.3 is 0 Å². The fraction of sp³-hybridized carbons (Fsp3) is 0.0455. The Hall–Kier alpha value is -2.00. The molecule has 3 aromatic carbocycles. The molecule has 0 N–H and O–H groups in total. The second-order valence-electron chi connectivity index (χ2n) is 5.81. The molecule has 0 heterocycles. The normalized spacial score (nSPS) is 11.4. The summed E-state index contributed by atoms with van der Waals surface area (Å²) in [6.07, 6.45) is 1.89. The van der Waals surface area contributed by atoms with Gasteiger partial charge in [-0.05, 0) is 67.1 Å². The molecule has 0 fully saturated rings. The molecular weight excluding hydrogens is 383 g/mol. The molecule has 3 rings (SSSR count). The highest BCUT2D eigenvalue weighted by Gasteiger charge is 2.14. The van der Waals surface area contributed by atoms with Gasteiger partial charge in [-0.2, -0.15) is 0 Å². The summed E-state index contributed by atoms with van der Waals surface area (Å²) in [6, 6.07) is 22.5. The minimum absolute atomic E-state index is 0.0396. The molecule has 26 heavy (non-hydrogen) atoms. The zero-order valence-electron chi connectivity index (χ0n) is 14.1. The lowest BCUT2D eigenvalue weighted by atomic mass is 10.1. The maximum absolute atomic E-state index is 13.0. The van der Waals surface area contributed by atoms with Crippen molar-refractivity contribution in [2.45, 2.75) is 11.8 Å². The summed E-state index contributed by atoms with van der Waals surface area (Å²) in [7, 11) is 0. The number of hydrogen-bond acceptors (Lipinski definition) is 2.